The largest absolute Gasteiger partial charge is 0.390 e. The molecule has 2 aliphatic rings. The summed E-state index contributed by atoms with van der Waals surface area (Å²) in [4.78, 5) is 11.6. The molecule has 2 nitrogen and oxygen atoms in total. The van der Waals surface area contributed by atoms with Gasteiger partial charge in [0.2, 0.25) is 0 Å². The van der Waals surface area contributed by atoms with Gasteiger partial charge in [-0.25, -0.2) is 0 Å². The highest BCUT2D eigenvalue weighted by Crippen LogP contribution is 2.67. The van der Waals surface area contributed by atoms with Crippen LogP contribution in [0.3, 0.4) is 0 Å². The molecule has 3 atom stereocenters. The minimum absolute atomic E-state index is 0.0341. The van der Waals surface area contributed by atoms with Crippen molar-refractivity contribution in [2.75, 3.05) is 0 Å². The highest BCUT2D eigenvalue weighted by Gasteiger charge is 2.69. The summed E-state index contributed by atoms with van der Waals surface area (Å²) >= 11 is 0. The number of carbonyl (C=O) groups excluding carboxylic acids is 1. The quantitative estimate of drug-likeness (QED) is 0.620. The van der Waals surface area contributed by atoms with Crippen molar-refractivity contribution < 1.29 is 9.90 Å². The summed E-state index contributed by atoms with van der Waals surface area (Å²) in [5.74, 6) is 0.423. The van der Waals surface area contributed by atoms with Crippen LogP contribution in [0.1, 0.15) is 40.5 Å². The smallest absolute Gasteiger partial charge is 0.137 e. The van der Waals surface area contributed by atoms with E-state index in [0.29, 0.717) is 18.6 Å². The number of carbonyl (C=O) groups is 1. The van der Waals surface area contributed by atoms with Crippen LogP contribution in [0, 0.1) is 16.7 Å². The summed E-state index contributed by atoms with van der Waals surface area (Å²) in [6.07, 6.45) is 1.20. The third-order valence-corrected chi connectivity index (χ3v) is 5.00. The maximum atomic E-state index is 11.6. The highest BCUT2D eigenvalue weighted by atomic mass is 16.3. The summed E-state index contributed by atoms with van der Waals surface area (Å²) in [5.41, 5.74) is -0.912. The van der Waals surface area contributed by atoms with Gasteiger partial charge in [-0.3, -0.25) is 4.79 Å². The van der Waals surface area contributed by atoms with Gasteiger partial charge in [0, 0.05) is 17.8 Å². The molecule has 74 valence electrons. The Morgan fingerprint density at radius 3 is 2.08 bits per heavy atom. The SMILES string of the molecule is CC1(O)CC2C(=O)CC1(C)C2(C)C. The maximum Gasteiger partial charge on any atom is 0.137 e. The van der Waals surface area contributed by atoms with Crippen LogP contribution in [0.15, 0.2) is 0 Å². The minimum atomic E-state index is -0.658. The molecular formula is C11H18O2. The van der Waals surface area contributed by atoms with Gasteiger partial charge in [-0.1, -0.05) is 20.8 Å². The van der Waals surface area contributed by atoms with Crippen LogP contribution in [0.4, 0.5) is 0 Å². The number of Topliss-reactive ketones (excluding diaryl/α,β-unsaturated/α-hetero) is 1. The standard InChI is InChI=1S/C11H18O2/c1-9(2)7-5-11(4,13)10(9,3)6-8(7)12/h7,13H,5-6H2,1-4H3. The number of hydrogen-bond donors (Lipinski definition) is 1. The molecule has 0 radical (unpaired) electrons. The van der Waals surface area contributed by atoms with Crippen molar-refractivity contribution in [3.05, 3.63) is 0 Å². The number of fused-ring (bicyclic) bond motifs is 2. The van der Waals surface area contributed by atoms with Crippen molar-refractivity contribution in [3.8, 4) is 0 Å². The Bertz CT molecular complexity index is 278. The Balaban J connectivity index is 2.54. The lowest BCUT2D eigenvalue weighted by molar-refractivity contribution is -0.130. The van der Waals surface area contributed by atoms with E-state index in [1.807, 2.05) is 6.92 Å². The molecular weight excluding hydrogens is 164 g/mol. The van der Waals surface area contributed by atoms with E-state index < -0.39 is 5.60 Å². The van der Waals surface area contributed by atoms with E-state index in [0.717, 1.165) is 0 Å². The first-order chi connectivity index (χ1) is 5.72. The second-order valence-corrected chi connectivity index (χ2v) is 5.73. The molecule has 0 saturated heterocycles. The molecule has 0 aromatic carbocycles. The molecule has 0 heterocycles. The maximum absolute atomic E-state index is 11.6. The van der Waals surface area contributed by atoms with Crippen molar-refractivity contribution in [2.45, 2.75) is 46.1 Å². The molecule has 0 aromatic heterocycles. The van der Waals surface area contributed by atoms with E-state index in [1.165, 1.54) is 0 Å². The zero-order valence-electron chi connectivity index (χ0n) is 8.85. The van der Waals surface area contributed by atoms with E-state index in [-0.39, 0.29) is 16.7 Å². The fourth-order valence-electron chi connectivity index (χ4n) is 3.36. The summed E-state index contributed by atoms with van der Waals surface area (Å²) in [5, 5.41) is 10.2. The normalized spacial score (nSPS) is 53.0. The lowest BCUT2D eigenvalue weighted by atomic mass is 9.65. The topological polar surface area (TPSA) is 37.3 Å². The summed E-state index contributed by atoms with van der Waals surface area (Å²) in [6, 6.07) is 0. The van der Waals surface area contributed by atoms with Crippen LogP contribution < -0.4 is 0 Å². The van der Waals surface area contributed by atoms with Gasteiger partial charge in [-0.15, -0.1) is 0 Å². The highest BCUT2D eigenvalue weighted by molar-refractivity contribution is 5.87. The molecule has 0 aliphatic heterocycles. The van der Waals surface area contributed by atoms with Crippen LogP contribution in [0.2, 0.25) is 0 Å². The van der Waals surface area contributed by atoms with E-state index in [4.69, 9.17) is 0 Å². The Morgan fingerprint density at radius 1 is 1.31 bits per heavy atom. The lowest BCUT2D eigenvalue weighted by Crippen LogP contribution is -2.45. The van der Waals surface area contributed by atoms with Crippen molar-refractivity contribution in [3.63, 3.8) is 0 Å². The molecule has 2 heteroatoms. The fourth-order valence-corrected chi connectivity index (χ4v) is 3.36. The van der Waals surface area contributed by atoms with Gasteiger partial charge in [0.15, 0.2) is 0 Å². The Hall–Kier alpha value is -0.370. The van der Waals surface area contributed by atoms with Crippen LogP contribution >= 0.6 is 0 Å². The zero-order valence-corrected chi connectivity index (χ0v) is 8.85. The number of aliphatic hydroxyl groups is 1. The Labute approximate surface area is 79.3 Å². The zero-order chi connectivity index (χ0) is 10.1. The Kier molecular flexibility index (Phi) is 1.42. The monoisotopic (exact) mass is 182 g/mol. The third-order valence-electron chi connectivity index (χ3n) is 5.00. The van der Waals surface area contributed by atoms with E-state index >= 15 is 0 Å². The molecule has 3 unspecified atom stereocenters. The van der Waals surface area contributed by atoms with Crippen LogP contribution in [-0.2, 0) is 4.79 Å². The first-order valence-electron chi connectivity index (χ1n) is 4.97. The average molecular weight is 182 g/mol. The second-order valence-electron chi connectivity index (χ2n) is 5.73. The van der Waals surface area contributed by atoms with Crippen LogP contribution in [-0.4, -0.2) is 16.5 Å². The molecule has 2 bridgehead atoms. The molecule has 2 aliphatic carbocycles. The average Bonchev–Trinajstić information content (AvgIpc) is 2.17. The molecule has 1 N–H and O–H groups in total. The molecule has 0 amide bonds. The van der Waals surface area contributed by atoms with Gasteiger partial charge < -0.3 is 5.11 Å². The minimum Gasteiger partial charge on any atom is -0.390 e. The molecule has 2 fully saturated rings. The summed E-state index contributed by atoms with van der Waals surface area (Å²) in [7, 11) is 0. The second kappa shape index (κ2) is 2.00. The molecule has 13 heavy (non-hydrogen) atoms. The lowest BCUT2D eigenvalue weighted by Gasteiger charge is -2.42. The number of rotatable bonds is 0. The fraction of sp³-hybridized carbons (Fsp3) is 0.909. The van der Waals surface area contributed by atoms with Gasteiger partial charge in [-0.05, 0) is 18.8 Å². The van der Waals surface area contributed by atoms with Gasteiger partial charge in [0.05, 0.1) is 5.60 Å². The Morgan fingerprint density at radius 2 is 1.85 bits per heavy atom. The predicted octanol–water partition coefficient (Wildman–Crippen LogP) is 1.76. The van der Waals surface area contributed by atoms with E-state index in [9.17, 15) is 9.90 Å². The number of hydrogen-bond acceptors (Lipinski definition) is 2. The first kappa shape index (κ1) is 9.20. The molecule has 2 saturated carbocycles. The summed E-state index contributed by atoms with van der Waals surface area (Å²) < 4.78 is 0. The molecule has 0 spiro atoms. The summed E-state index contributed by atoms with van der Waals surface area (Å²) in [6.45, 7) is 8.16. The van der Waals surface area contributed by atoms with Gasteiger partial charge >= 0.3 is 0 Å². The van der Waals surface area contributed by atoms with Crippen molar-refractivity contribution >= 4 is 5.78 Å². The molecule has 0 aromatic rings. The van der Waals surface area contributed by atoms with Crippen molar-refractivity contribution in [1.82, 2.24) is 0 Å². The molecule has 2 rings (SSSR count). The van der Waals surface area contributed by atoms with E-state index in [2.05, 4.69) is 20.8 Å². The van der Waals surface area contributed by atoms with Gasteiger partial charge in [-0.2, -0.15) is 0 Å². The predicted molar refractivity (Wildman–Crippen MR) is 50.2 cm³/mol. The van der Waals surface area contributed by atoms with Crippen LogP contribution in [0.5, 0.6) is 0 Å². The number of ketones is 1. The van der Waals surface area contributed by atoms with Crippen molar-refractivity contribution in [2.24, 2.45) is 16.7 Å². The first-order valence-corrected chi connectivity index (χ1v) is 4.97. The third kappa shape index (κ3) is 0.762. The van der Waals surface area contributed by atoms with Gasteiger partial charge in [0.1, 0.15) is 5.78 Å². The van der Waals surface area contributed by atoms with E-state index in [1.54, 1.807) is 0 Å². The van der Waals surface area contributed by atoms with Crippen LogP contribution in [0.25, 0.3) is 0 Å². The van der Waals surface area contributed by atoms with Gasteiger partial charge in [0.25, 0.3) is 0 Å². The van der Waals surface area contributed by atoms with Crippen molar-refractivity contribution in [1.29, 1.82) is 0 Å².